The molecule has 1 aromatic rings. The lowest BCUT2D eigenvalue weighted by molar-refractivity contribution is 0.0934. The zero-order valence-corrected chi connectivity index (χ0v) is 11.9. The van der Waals surface area contributed by atoms with E-state index in [1.54, 1.807) is 10.9 Å². The van der Waals surface area contributed by atoms with Crippen LogP contribution in [0.5, 0.6) is 0 Å². The van der Waals surface area contributed by atoms with Gasteiger partial charge in [0.05, 0.1) is 11.3 Å². The van der Waals surface area contributed by atoms with Crippen molar-refractivity contribution in [3.05, 3.63) is 17.5 Å². The molecule has 1 amide bonds. The summed E-state index contributed by atoms with van der Waals surface area (Å²) < 4.78 is 1.67. The van der Waals surface area contributed by atoms with Crippen LogP contribution in [-0.2, 0) is 7.05 Å². The van der Waals surface area contributed by atoms with Crippen molar-refractivity contribution in [2.45, 2.75) is 32.6 Å². The highest BCUT2D eigenvalue weighted by molar-refractivity contribution is 5.94. The maximum Gasteiger partial charge on any atom is 0.254 e. The number of hydrogen-bond acceptors (Lipinski definition) is 3. The van der Waals surface area contributed by atoms with Gasteiger partial charge in [0.25, 0.3) is 5.91 Å². The molecule has 1 aliphatic rings. The van der Waals surface area contributed by atoms with Crippen LogP contribution in [0.25, 0.3) is 0 Å². The fraction of sp³-hybridized carbons (Fsp3) is 0.714. The first-order chi connectivity index (χ1) is 9.11. The molecule has 5 nitrogen and oxygen atoms in total. The summed E-state index contributed by atoms with van der Waals surface area (Å²) >= 11 is 0. The second-order valence-electron chi connectivity index (χ2n) is 5.55. The Hall–Kier alpha value is -1.36. The number of nitrogens with zero attached hydrogens (tertiary/aromatic N) is 2. The fourth-order valence-corrected chi connectivity index (χ4v) is 3.01. The summed E-state index contributed by atoms with van der Waals surface area (Å²) in [5.74, 6) is 1.07. The van der Waals surface area contributed by atoms with Crippen molar-refractivity contribution in [3.63, 3.8) is 0 Å². The molecule has 19 heavy (non-hydrogen) atoms. The minimum atomic E-state index is -0.0213. The van der Waals surface area contributed by atoms with Crippen LogP contribution < -0.4 is 11.1 Å². The van der Waals surface area contributed by atoms with E-state index in [1.165, 1.54) is 25.7 Å². The molecule has 0 bridgehead atoms. The smallest absolute Gasteiger partial charge is 0.254 e. The van der Waals surface area contributed by atoms with Gasteiger partial charge in [-0.2, -0.15) is 5.10 Å². The summed E-state index contributed by atoms with van der Waals surface area (Å²) in [5.41, 5.74) is 7.26. The number of hydrogen-bond donors (Lipinski definition) is 2. The lowest BCUT2D eigenvalue weighted by atomic mass is 9.79. The first-order valence-corrected chi connectivity index (χ1v) is 7.10. The van der Waals surface area contributed by atoms with E-state index in [-0.39, 0.29) is 5.91 Å². The lowest BCUT2D eigenvalue weighted by Crippen LogP contribution is -2.37. The minimum Gasteiger partial charge on any atom is -0.352 e. The number of carbonyl (C=O) groups is 1. The molecular weight excluding hydrogens is 240 g/mol. The van der Waals surface area contributed by atoms with Gasteiger partial charge in [0, 0.05) is 19.8 Å². The number of carbonyl (C=O) groups excluding carboxylic acids is 1. The summed E-state index contributed by atoms with van der Waals surface area (Å²) in [5, 5.41) is 7.23. The highest BCUT2D eigenvalue weighted by Crippen LogP contribution is 2.28. The van der Waals surface area contributed by atoms with E-state index in [1.807, 2.05) is 14.0 Å². The van der Waals surface area contributed by atoms with Gasteiger partial charge in [-0.05, 0) is 38.1 Å². The standard InChI is InChI=1S/C14H24N4O/c1-10-13(9-18(2)17-10)14(19)16-8-12-6-4-3-5-11(12)7-15/h9,11-12H,3-8,15H2,1-2H3,(H,16,19). The monoisotopic (exact) mass is 264 g/mol. The van der Waals surface area contributed by atoms with E-state index >= 15 is 0 Å². The molecule has 2 rings (SSSR count). The topological polar surface area (TPSA) is 72.9 Å². The number of aryl methyl sites for hydroxylation is 2. The van der Waals surface area contributed by atoms with E-state index in [2.05, 4.69) is 10.4 Å². The van der Waals surface area contributed by atoms with Crippen molar-refractivity contribution in [1.29, 1.82) is 0 Å². The van der Waals surface area contributed by atoms with Crippen LogP contribution in [0.4, 0.5) is 0 Å². The normalized spacial score (nSPS) is 23.3. The summed E-state index contributed by atoms with van der Waals surface area (Å²) in [4.78, 5) is 12.1. The van der Waals surface area contributed by atoms with Crippen molar-refractivity contribution < 1.29 is 4.79 Å². The number of nitrogens with two attached hydrogens (primary N) is 1. The molecule has 2 atom stereocenters. The van der Waals surface area contributed by atoms with Crippen molar-refractivity contribution in [1.82, 2.24) is 15.1 Å². The van der Waals surface area contributed by atoms with E-state index in [9.17, 15) is 4.79 Å². The molecule has 106 valence electrons. The van der Waals surface area contributed by atoms with E-state index in [4.69, 9.17) is 5.73 Å². The molecule has 2 unspecified atom stereocenters. The van der Waals surface area contributed by atoms with Crippen LogP contribution in [0, 0.1) is 18.8 Å². The van der Waals surface area contributed by atoms with E-state index in [0.717, 1.165) is 18.8 Å². The van der Waals surface area contributed by atoms with Crippen molar-refractivity contribution in [2.75, 3.05) is 13.1 Å². The van der Waals surface area contributed by atoms with E-state index in [0.29, 0.717) is 17.4 Å². The first kappa shape index (κ1) is 14.1. The third-order valence-corrected chi connectivity index (χ3v) is 4.15. The van der Waals surface area contributed by atoms with Crippen molar-refractivity contribution >= 4 is 5.91 Å². The van der Waals surface area contributed by atoms with Gasteiger partial charge in [0.1, 0.15) is 0 Å². The average Bonchev–Trinajstić information content (AvgIpc) is 2.75. The second-order valence-corrected chi connectivity index (χ2v) is 5.55. The average molecular weight is 264 g/mol. The number of amides is 1. The maximum atomic E-state index is 12.1. The van der Waals surface area contributed by atoms with E-state index < -0.39 is 0 Å². The molecule has 1 aliphatic carbocycles. The Morgan fingerprint density at radius 2 is 2.16 bits per heavy atom. The van der Waals surface area contributed by atoms with Gasteiger partial charge in [0.2, 0.25) is 0 Å². The third-order valence-electron chi connectivity index (χ3n) is 4.15. The Labute approximate surface area is 114 Å². The van der Waals surface area contributed by atoms with Crippen LogP contribution in [0.1, 0.15) is 41.7 Å². The molecule has 0 aliphatic heterocycles. The Morgan fingerprint density at radius 1 is 1.47 bits per heavy atom. The predicted octanol–water partition coefficient (Wildman–Crippen LogP) is 1.22. The Bertz CT molecular complexity index is 441. The van der Waals surface area contributed by atoms with Gasteiger partial charge in [0.15, 0.2) is 0 Å². The summed E-state index contributed by atoms with van der Waals surface area (Å²) in [6.07, 6.45) is 6.67. The van der Waals surface area contributed by atoms with Gasteiger partial charge in [-0.3, -0.25) is 9.48 Å². The molecule has 3 N–H and O–H groups in total. The van der Waals surface area contributed by atoms with Gasteiger partial charge in [-0.15, -0.1) is 0 Å². The van der Waals surface area contributed by atoms with Crippen molar-refractivity contribution in [3.8, 4) is 0 Å². The van der Waals surface area contributed by atoms with Gasteiger partial charge < -0.3 is 11.1 Å². The number of nitrogens with one attached hydrogen (secondary N) is 1. The van der Waals surface area contributed by atoms with Crippen LogP contribution >= 0.6 is 0 Å². The maximum absolute atomic E-state index is 12.1. The fourth-order valence-electron chi connectivity index (χ4n) is 3.01. The van der Waals surface area contributed by atoms with Crippen LogP contribution in [-0.4, -0.2) is 28.8 Å². The molecule has 0 aromatic carbocycles. The number of aromatic nitrogens is 2. The zero-order valence-electron chi connectivity index (χ0n) is 11.9. The van der Waals surface area contributed by atoms with Gasteiger partial charge in [-0.25, -0.2) is 0 Å². The molecular formula is C14H24N4O. The Morgan fingerprint density at radius 3 is 2.74 bits per heavy atom. The van der Waals surface area contributed by atoms with Crippen LogP contribution in [0.3, 0.4) is 0 Å². The molecule has 1 aromatic heterocycles. The Kier molecular flexibility index (Phi) is 4.58. The molecule has 0 spiro atoms. The van der Waals surface area contributed by atoms with Crippen molar-refractivity contribution in [2.24, 2.45) is 24.6 Å². The first-order valence-electron chi connectivity index (χ1n) is 7.10. The highest BCUT2D eigenvalue weighted by atomic mass is 16.1. The minimum absolute atomic E-state index is 0.0213. The Balaban J connectivity index is 1.91. The molecule has 5 heteroatoms. The highest BCUT2D eigenvalue weighted by Gasteiger charge is 2.24. The molecule has 0 radical (unpaired) electrons. The van der Waals surface area contributed by atoms with Gasteiger partial charge >= 0.3 is 0 Å². The quantitative estimate of drug-likeness (QED) is 0.859. The summed E-state index contributed by atoms with van der Waals surface area (Å²) in [6, 6.07) is 0. The van der Waals surface area contributed by atoms with Crippen LogP contribution in [0.15, 0.2) is 6.20 Å². The lowest BCUT2D eigenvalue weighted by Gasteiger charge is -2.30. The largest absolute Gasteiger partial charge is 0.352 e. The molecule has 1 saturated carbocycles. The van der Waals surface area contributed by atoms with Gasteiger partial charge in [-0.1, -0.05) is 12.8 Å². The molecule has 1 heterocycles. The second kappa shape index (κ2) is 6.19. The predicted molar refractivity (Wildman–Crippen MR) is 74.8 cm³/mol. The third kappa shape index (κ3) is 3.35. The van der Waals surface area contributed by atoms with Crippen LogP contribution in [0.2, 0.25) is 0 Å². The summed E-state index contributed by atoms with van der Waals surface area (Å²) in [7, 11) is 1.83. The molecule has 1 fully saturated rings. The summed E-state index contributed by atoms with van der Waals surface area (Å²) in [6.45, 7) is 3.32. The SMILES string of the molecule is Cc1nn(C)cc1C(=O)NCC1CCCCC1CN. The zero-order chi connectivity index (χ0) is 13.8. The number of rotatable bonds is 4. The molecule has 0 saturated heterocycles.